The number of aryl methyl sites for hydroxylation is 1. The molecule has 0 saturated carbocycles. The van der Waals surface area contributed by atoms with Crippen LogP contribution in [0.4, 0.5) is 0 Å². The Kier molecular flexibility index (Phi) is 3.67. The fraction of sp³-hybridized carbons (Fsp3) is 0.429. The summed E-state index contributed by atoms with van der Waals surface area (Å²) in [5.41, 5.74) is 10.5. The van der Waals surface area contributed by atoms with Crippen molar-refractivity contribution in [3.63, 3.8) is 0 Å². The maximum Gasteiger partial charge on any atom is 0.234 e. The summed E-state index contributed by atoms with van der Waals surface area (Å²) >= 11 is 2.16. The lowest BCUT2D eigenvalue weighted by atomic mass is 10.2. The first-order valence-electron chi connectivity index (χ1n) is 3.82. The van der Waals surface area contributed by atoms with Crippen LogP contribution in [-0.4, -0.2) is 21.7 Å². The van der Waals surface area contributed by atoms with Gasteiger partial charge in [-0.05, 0) is 29.0 Å². The Balaban J connectivity index is 2.39. The molecule has 0 fully saturated rings. The second kappa shape index (κ2) is 4.56. The fourth-order valence-corrected chi connectivity index (χ4v) is 1.32. The zero-order valence-electron chi connectivity index (χ0n) is 6.98. The minimum Gasteiger partial charge on any atom is -0.368 e. The van der Waals surface area contributed by atoms with Crippen molar-refractivity contribution in [2.45, 2.75) is 19.0 Å². The quantitative estimate of drug-likeness (QED) is 0.747. The molecule has 0 bridgehead atoms. The Morgan fingerprint density at radius 1 is 1.77 bits per heavy atom. The van der Waals surface area contributed by atoms with Crippen molar-refractivity contribution in [2.75, 3.05) is 0 Å². The third-order valence-corrected chi connectivity index (χ3v) is 2.19. The third kappa shape index (κ3) is 3.31. The third-order valence-electron chi connectivity index (χ3n) is 1.64. The van der Waals surface area contributed by atoms with Gasteiger partial charge in [0.25, 0.3) is 0 Å². The average Bonchev–Trinajstić information content (AvgIpc) is 2.47. The van der Waals surface area contributed by atoms with Crippen molar-refractivity contribution >= 4 is 28.5 Å². The second-order valence-corrected chi connectivity index (χ2v) is 3.96. The van der Waals surface area contributed by atoms with Crippen LogP contribution in [0.2, 0.25) is 0 Å². The van der Waals surface area contributed by atoms with Crippen LogP contribution < -0.4 is 11.5 Å². The van der Waals surface area contributed by atoms with E-state index in [4.69, 9.17) is 11.5 Å². The molecule has 1 amide bonds. The minimum atomic E-state index is -0.582. The lowest BCUT2D eigenvalue weighted by molar-refractivity contribution is -0.119. The number of amides is 1. The molecular formula is C7H11IN4O. The number of aromatic nitrogens is 2. The van der Waals surface area contributed by atoms with Gasteiger partial charge >= 0.3 is 0 Å². The number of hydrogen-bond donors (Lipinski definition) is 2. The SMILES string of the molecule is NC(=O)C(N)CCn1cc(I)cn1. The van der Waals surface area contributed by atoms with Crippen LogP contribution in [0.3, 0.4) is 0 Å². The number of hydrogen-bond acceptors (Lipinski definition) is 3. The van der Waals surface area contributed by atoms with Crippen molar-refractivity contribution in [2.24, 2.45) is 11.5 Å². The molecule has 0 aliphatic heterocycles. The van der Waals surface area contributed by atoms with E-state index in [2.05, 4.69) is 27.7 Å². The highest BCUT2D eigenvalue weighted by atomic mass is 127. The summed E-state index contributed by atoms with van der Waals surface area (Å²) in [5.74, 6) is -0.471. The van der Waals surface area contributed by atoms with E-state index in [1.807, 2.05) is 6.20 Å². The summed E-state index contributed by atoms with van der Waals surface area (Å²) in [6, 6.07) is -0.582. The van der Waals surface area contributed by atoms with Gasteiger partial charge in [-0.2, -0.15) is 5.10 Å². The predicted octanol–water partition coefficient (Wildman–Crippen LogP) is -0.310. The highest BCUT2D eigenvalue weighted by molar-refractivity contribution is 14.1. The number of nitrogens with zero attached hydrogens (tertiary/aromatic N) is 2. The van der Waals surface area contributed by atoms with Crippen LogP contribution in [-0.2, 0) is 11.3 Å². The molecule has 1 rings (SSSR count). The van der Waals surface area contributed by atoms with Gasteiger partial charge in [-0.15, -0.1) is 0 Å². The van der Waals surface area contributed by atoms with Gasteiger partial charge in [-0.3, -0.25) is 9.48 Å². The highest BCUT2D eigenvalue weighted by Crippen LogP contribution is 2.02. The summed E-state index contributed by atoms with van der Waals surface area (Å²) in [4.78, 5) is 10.6. The summed E-state index contributed by atoms with van der Waals surface area (Å²) < 4.78 is 2.80. The zero-order valence-corrected chi connectivity index (χ0v) is 9.14. The molecule has 4 N–H and O–H groups in total. The standard InChI is InChI=1S/C7H11IN4O/c8-5-3-11-12(4-5)2-1-6(9)7(10)13/h3-4,6H,1-2,9H2,(H2,10,13). The van der Waals surface area contributed by atoms with Crippen molar-refractivity contribution in [3.8, 4) is 0 Å². The maximum atomic E-state index is 10.6. The first kappa shape index (κ1) is 10.5. The molecule has 0 spiro atoms. The number of carbonyl (C=O) groups is 1. The second-order valence-electron chi connectivity index (χ2n) is 2.72. The van der Waals surface area contributed by atoms with Gasteiger partial charge in [0.1, 0.15) is 0 Å². The number of nitrogens with two attached hydrogens (primary N) is 2. The van der Waals surface area contributed by atoms with Crippen molar-refractivity contribution in [1.29, 1.82) is 0 Å². The van der Waals surface area contributed by atoms with Gasteiger partial charge in [0.15, 0.2) is 0 Å². The normalized spacial score (nSPS) is 12.8. The first-order valence-corrected chi connectivity index (χ1v) is 4.90. The summed E-state index contributed by atoms with van der Waals surface area (Å²) in [6.07, 6.45) is 4.15. The molecule has 0 aliphatic rings. The predicted molar refractivity (Wildman–Crippen MR) is 56.7 cm³/mol. The van der Waals surface area contributed by atoms with E-state index in [0.29, 0.717) is 13.0 Å². The number of rotatable bonds is 4. The van der Waals surface area contributed by atoms with Gasteiger partial charge in [0, 0.05) is 12.7 Å². The largest absolute Gasteiger partial charge is 0.368 e. The summed E-state index contributed by atoms with van der Waals surface area (Å²) in [7, 11) is 0. The Morgan fingerprint density at radius 2 is 2.46 bits per heavy atom. The molecule has 1 aromatic heterocycles. The molecule has 13 heavy (non-hydrogen) atoms. The van der Waals surface area contributed by atoms with Crippen LogP contribution in [0.5, 0.6) is 0 Å². The topological polar surface area (TPSA) is 86.9 Å². The van der Waals surface area contributed by atoms with E-state index in [1.54, 1.807) is 10.9 Å². The molecule has 1 heterocycles. The van der Waals surface area contributed by atoms with E-state index >= 15 is 0 Å². The molecule has 5 nitrogen and oxygen atoms in total. The van der Waals surface area contributed by atoms with Gasteiger partial charge in [0.05, 0.1) is 15.8 Å². The highest BCUT2D eigenvalue weighted by Gasteiger charge is 2.08. The molecule has 0 saturated heterocycles. The van der Waals surface area contributed by atoms with Gasteiger partial charge in [-0.1, -0.05) is 0 Å². The van der Waals surface area contributed by atoms with Crippen molar-refractivity contribution in [1.82, 2.24) is 9.78 Å². The fourth-order valence-electron chi connectivity index (χ4n) is 0.874. The number of halogens is 1. The minimum absolute atomic E-state index is 0.471. The Labute approximate surface area is 89.6 Å². The Bertz CT molecular complexity index is 298. The summed E-state index contributed by atoms with van der Waals surface area (Å²) in [5, 5.41) is 4.05. The maximum absolute atomic E-state index is 10.6. The molecule has 1 aromatic rings. The van der Waals surface area contributed by atoms with Gasteiger partial charge in [0.2, 0.25) is 5.91 Å². The van der Waals surface area contributed by atoms with Crippen molar-refractivity contribution in [3.05, 3.63) is 16.0 Å². The molecule has 0 aromatic carbocycles. The van der Waals surface area contributed by atoms with Gasteiger partial charge < -0.3 is 11.5 Å². The number of primary amides is 1. The van der Waals surface area contributed by atoms with E-state index < -0.39 is 11.9 Å². The molecule has 72 valence electrons. The van der Waals surface area contributed by atoms with Crippen LogP contribution >= 0.6 is 22.6 Å². The lowest BCUT2D eigenvalue weighted by Gasteiger charge is -2.06. The Hall–Kier alpha value is -0.630. The molecule has 0 radical (unpaired) electrons. The van der Waals surface area contributed by atoms with Crippen LogP contribution in [0, 0.1) is 3.57 Å². The molecule has 6 heteroatoms. The monoisotopic (exact) mass is 294 g/mol. The van der Waals surface area contributed by atoms with Crippen LogP contribution in [0.25, 0.3) is 0 Å². The average molecular weight is 294 g/mol. The molecule has 1 atom stereocenters. The first-order chi connectivity index (χ1) is 6.09. The molecule has 1 unspecified atom stereocenters. The lowest BCUT2D eigenvalue weighted by Crippen LogP contribution is -2.37. The van der Waals surface area contributed by atoms with E-state index in [1.165, 1.54) is 0 Å². The molecular weight excluding hydrogens is 283 g/mol. The molecule has 0 aliphatic carbocycles. The Morgan fingerprint density at radius 3 is 2.92 bits per heavy atom. The smallest absolute Gasteiger partial charge is 0.234 e. The van der Waals surface area contributed by atoms with E-state index in [-0.39, 0.29) is 0 Å². The van der Waals surface area contributed by atoms with E-state index in [0.717, 1.165) is 3.57 Å². The van der Waals surface area contributed by atoms with Crippen LogP contribution in [0.15, 0.2) is 12.4 Å². The van der Waals surface area contributed by atoms with Gasteiger partial charge in [-0.25, -0.2) is 0 Å². The van der Waals surface area contributed by atoms with E-state index in [9.17, 15) is 4.79 Å². The van der Waals surface area contributed by atoms with Crippen LogP contribution in [0.1, 0.15) is 6.42 Å². The zero-order chi connectivity index (χ0) is 9.84. The number of carbonyl (C=O) groups excluding carboxylic acids is 1. The van der Waals surface area contributed by atoms with Crippen molar-refractivity contribution < 1.29 is 4.79 Å². The summed E-state index contributed by atoms with van der Waals surface area (Å²) in [6.45, 7) is 0.618.